The first-order chi connectivity index (χ1) is 10.5. The van der Waals surface area contributed by atoms with Crippen LogP contribution in [0.15, 0.2) is 14.9 Å². The Hall–Kier alpha value is -2.15. The number of aromatic nitrogens is 2. The van der Waals surface area contributed by atoms with E-state index in [0.717, 1.165) is 43.0 Å². The minimum atomic E-state index is -0.215. The molecule has 1 amide bonds. The van der Waals surface area contributed by atoms with E-state index >= 15 is 0 Å². The van der Waals surface area contributed by atoms with Crippen LogP contribution in [0, 0.1) is 19.8 Å². The topological polar surface area (TPSA) is 99.6 Å². The minimum absolute atomic E-state index is 0.0510. The lowest BCUT2D eigenvalue weighted by molar-refractivity contribution is -0.922. The van der Waals surface area contributed by atoms with E-state index in [0.29, 0.717) is 18.3 Å². The summed E-state index contributed by atoms with van der Waals surface area (Å²) in [5, 5.41) is 8.21. The summed E-state index contributed by atoms with van der Waals surface area (Å²) in [5.41, 5.74) is 6.24. The Morgan fingerprint density at radius 1 is 1.41 bits per heavy atom. The van der Waals surface area contributed by atoms with Gasteiger partial charge >= 0.3 is 0 Å². The molecule has 0 saturated carbocycles. The van der Waals surface area contributed by atoms with Crippen molar-refractivity contribution in [3.63, 3.8) is 0 Å². The molecule has 1 aliphatic rings. The summed E-state index contributed by atoms with van der Waals surface area (Å²) < 4.78 is 11.2. The highest BCUT2D eigenvalue weighted by Crippen LogP contribution is 2.25. The van der Waals surface area contributed by atoms with Crippen molar-refractivity contribution in [2.24, 2.45) is 11.7 Å². The van der Waals surface area contributed by atoms with E-state index in [-0.39, 0.29) is 11.8 Å². The highest BCUT2D eigenvalue weighted by molar-refractivity contribution is 5.76. The molecule has 3 heterocycles. The third kappa shape index (κ3) is 3.04. The van der Waals surface area contributed by atoms with Crippen LogP contribution in [-0.2, 0) is 11.3 Å². The SMILES string of the molecule is Cc1cc(-c2nnc(C[NH+]3CCC[C@H](C(N)=O)C3)o2)c(C)o1. The predicted molar refractivity (Wildman–Crippen MR) is 77.8 cm³/mol. The molecular formula is C15H21N4O3+. The van der Waals surface area contributed by atoms with Gasteiger partial charge in [-0.05, 0) is 32.8 Å². The average Bonchev–Trinajstić information content (AvgIpc) is 3.05. The van der Waals surface area contributed by atoms with Gasteiger partial charge in [-0.1, -0.05) is 0 Å². The van der Waals surface area contributed by atoms with E-state index in [1.54, 1.807) is 0 Å². The molecule has 2 atom stereocenters. The second-order valence-electron chi connectivity index (χ2n) is 5.95. The molecule has 1 aliphatic heterocycles. The Kier molecular flexibility index (Phi) is 3.98. The molecular weight excluding hydrogens is 284 g/mol. The largest absolute Gasteiger partial charge is 0.466 e. The number of nitrogens with zero attached hydrogens (tertiary/aromatic N) is 2. The fourth-order valence-corrected chi connectivity index (χ4v) is 3.05. The van der Waals surface area contributed by atoms with Crippen molar-refractivity contribution in [3.05, 3.63) is 23.5 Å². The summed E-state index contributed by atoms with van der Waals surface area (Å²) in [6, 6.07) is 1.89. The summed E-state index contributed by atoms with van der Waals surface area (Å²) >= 11 is 0. The van der Waals surface area contributed by atoms with Gasteiger partial charge in [0, 0.05) is 0 Å². The Morgan fingerprint density at radius 2 is 2.23 bits per heavy atom. The first-order valence-electron chi connectivity index (χ1n) is 7.55. The molecule has 1 unspecified atom stereocenters. The molecule has 1 saturated heterocycles. The smallest absolute Gasteiger partial charge is 0.271 e. The number of likely N-dealkylation sites (tertiary alicyclic amines) is 1. The Labute approximate surface area is 128 Å². The van der Waals surface area contributed by atoms with Gasteiger partial charge in [-0.15, -0.1) is 10.2 Å². The van der Waals surface area contributed by atoms with Crippen molar-refractivity contribution in [2.45, 2.75) is 33.2 Å². The zero-order valence-corrected chi connectivity index (χ0v) is 12.9. The zero-order chi connectivity index (χ0) is 15.7. The van der Waals surface area contributed by atoms with Crippen LogP contribution in [0.5, 0.6) is 0 Å². The zero-order valence-electron chi connectivity index (χ0n) is 12.9. The van der Waals surface area contributed by atoms with Crippen LogP contribution in [-0.4, -0.2) is 29.2 Å². The van der Waals surface area contributed by atoms with Gasteiger partial charge in [-0.3, -0.25) is 4.79 Å². The van der Waals surface area contributed by atoms with E-state index in [9.17, 15) is 4.79 Å². The number of piperidine rings is 1. The third-order valence-electron chi connectivity index (χ3n) is 4.16. The summed E-state index contributed by atoms with van der Waals surface area (Å²) in [6.07, 6.45) is 1.87. The number of carbonyl (C=O) groups excluding carboxylic acids is 1. The molecule has 7 nitrogen and oxygen atoms in total. The van der Waals surface area contributed by atoms with Crippen LogP contribution in [0.1, 0.15) is 30.3 Å². The molecule has 3 rings (SSSR count). The highest BCUT2D eigenvalue weighted by Gasteiger charge is 2.28. The van der Waals surface area contributed by atoms with E-state index in [1.165, 1.54) is 4.90 Å². The number of aryl methyl sites for hydroxylation is 2. The average molecular weight is 305 g/mol. The number of hydrogen-bond donors (Lipinski definition) is 2. The van der Waals surface area contributed by atoms with Gasteiger partial charge in [0.2, 0.25) is 5.91 Å². The fourth-order valence-electron chi connectivity index (χ4n) is 3.05. The van der Waals surface area contributed by atoms with Crippen LogP contribution in [0.4, 0.5) is 0 Å². The maximum absolute atomic E-state index is 11.3. The second-order valence-corrected chi connectivity index (χ2v) is 5.95. The van der Waals surface area contributed by atoms with Crippen LogP contribution in [0.2, 0.25) is 0 Å². The minimum Gasteiger partial charge on any atom is -0.466 e. The standard InChI is InChI=1S/C15H20N4O3/c1-9-6-12(10(2)21-9)15-18-17-13(22-15)8-19-5-3-4-11(7-19)14(16)20/h6,11H,3-5,7-8H2,1-2H3,(H2,16,20)/p+1/t11-/m0/s1. The summed E-state index contributed by atoms with van der Waals surface area (Å²) in [6.45, 7) is 6.10. The van der Waals surface area contributed by atoms with Gasteiger partial charge in [0.1, 0.15) is 11.5 Å². The van der Waals surface area contributed by atoms with Crippen molar-refractivity contribution < 1.29 is 18.5 Å². The molecule has 0 bridgehead atoms. The Balaban J connectivity index is 1.69. The predicted octanol–water partition coefficient (Wildman–Crippen LogP) is 0.227. The molecule has 0 radical (unpaired) electrons. The van der Waals surface area contributed by atoms with Crippen LogP contribution < -0.4 is 10.6 Å². The van der Waals surface area contributed by atoms with Gasteiger partial charge in [-0.2, -0.15) is 0 Å². The van der Waals surface area contributed by atoms with Gasteiger partial charge in [0.05, 0.1) is 24.6 Å². The Bertz CT molecular complexity index is 676. The molecule has 0 aromatic carbocycles. The normalized spacial score (nSPS) is 21.9. The lowest BCUT2D eigenvalue weighted by Gasteiger charge is -2.26. The number of rotatable bonds is 4. The maximum atomic E-state index is 11.3. The highest BCUT2D eigenvalue weighted by atomic mass is 16.4. The molecule has 0 aliphatic carbocycles. The van der Waals surface area contributed by atoms with Crippen molar-refractivity contribution >= 4 is 5.91 Å². The molecule has 0 spiro atoms. The molecule has 118 valence electrons. The van der Waals surface area contributed by atoms with Gasteiger partial charge < -0.3 is 19.5 Å². The van der Waals surface area contributed by atoms with Crippen LogP contribution in [0.25, 0.3) is 11.5 Å². The van der Waals surface area contributed by atoms with Crippen LogP contribution >= 0.6 is 0 Å². The molecule has 7 heteroatoms. The molecule has 22 heavy (non-hydrogen) atoms. The van der Waals surface area contributed by atoms with Crippen molar-refractivity contribution in [1.29, 1.82) is 0 Å². The van der Waals surface area contributed by atoms with Gasteiger partial charge in [0.15, 0.2) is 6.54 Å². The second kappa shape index (κ2) is 5.92. The number of carbonyl (C=O) groups is 1. The summed E-state index contributed by atoms with van der Waals surface area (Å²) in [7, 11) is 0. The van der Waals surface area contributed by atoms with Gasteiger partial charge in [-0.25, -0.2) is 0 Å². The fraction of sp³-hybridized carbons (Fsp3) is 0.533. The van der Waals surface area contributed by atoms with E-state index in [1.807, 2.05) is 19.9 Å². The van der Waals surface area contributed by atoms with Crippen LogP contribution in [0.3, 0.4) is 0 Å². The first-order valence-corrected chi connectivity index (χ1v) is 7.55. The lowest BCUT2D eigenvalue weighted by Crippen LogP contribution is -3.12. The Morgan fingerprint density at radius 3 is 2.91 bits per heavy atom. The number of primary amides is 1. The number of nitrogens with two attached hydrogens (primary N) is 1. The number of quaternary nitrogens is 1. The summed E-state index contributed by atoms with van der Waals surface area (Å²) in [4.78, 5) is 12.6. The quantitative estimate of drug-likeness (QED) is 0.842. The lowest BCUT2D eigenvalue weighted by atomic mass is 9.97. The van der Waals surface area contributed by atoms with Crippen molar-refractivity contribution in [2.75, 3.05) is 13.1 Å². The van der Waals surface area contributed by atoms with E-state index in [2.05, 4.69) is 10.2 Å². The van der Waals surface area contributed by atoms with Gasteiger partial charge in [0.25, 0.3) is 11.8 Å². The maximum Gasteiger partial charge on any atom is 0.271 e. The molecule has 1 fully saturated rings. The third-order valence-corrected chi connectivity index (χ3v) is 4.16. The van der Waals surface area contributed by atoms with E-state index in [4.69, 9.17) is 14.6 Å². The first kappa shape index (κ1) is 14.8. The number of nitrogens with one attached hydrogen (secondary N) is 1. The number of amides is 1. The molecule has 2 aromatic heterocycles. The number of furan rings is 1. The van der Waals surface area contributed by atoms with Crippen molar-refractivity contribution in [1.82, 2.24) is 10.2 Å². The van der Waals surface area contributed by atoms with Crippen molar-refractivity contribution in [3.8, 4) is 11.5 Å². The van der Waals surface area contributed by atoms with E-state index < -0.39 is 0 Å². The summed E-state index contributed by atoms with van der Waals surface area (Å²) in [5.74, 6) is 2.38. The molecule has 3 N–H and O–H groups in total. The molecule has 2 aromatic rings. The number of hydrogen-bond acceptors (Lipinski definition) is 5. The monoisotopic (exact) mass is 305 g/mol.